The zero-order valence-corrected chi connectivity index (χ0v) is 12.4. The van der Waals surface area contributed by atoms with Gasteiger partial charge in [-0.25, -0.2) is 8.42 Å². The molecule has 0 bridgehead atoms. The Labute approximate surface area is 118 Å². The first-order valence-electron chi connectivity index (χ1n) is 6.16. The second-order valence-corrected chi connectivity index (χ2v) is 7.10. The van der Waals surface area contributed by atoms with Crippen molar-refractivity contribution < 1.29 is 12.8 Å². The third kappa shape index (κ3) is 3.80. The number of rotatable bonds is 5. The highest BCUT2D eigenvalue weighted by molar-refractivity contribution is 7.90. The lowest BCUT2D eigenvalue weighted by Gasteiger charge is -2.16. The lowest BCUT2D eigenvalue weighted by atomic mass is 10.1. The summed E-state index contributed by atoms with van der Waals surface area (Å²) in [7, 11) is -3.01. The number of hydrogen-bond acceptors (Lipinski definition) is 6. The maximum absolute atomic E-state index is 11.3. The molecule has 1 unspecified atom stereocenters. The first kappa shape index (κ1) is 14.5. The van der Waals surface area contributed by atoms with E-state index < -0.39 is 9.84 Å². The number of benzene rings is 1. The van der Waals surface area contributed by atoms with Crippen LogP contribution in [-0.2, 0) is 9.84 Å². The van der Waals surface area contributed by atoms with E-state index in [1.165, 1.54) is 12.6 Å². The van der Waals surface area contributed by atoms with Gasteiger partial charge in [-0.1, -0.05) is 6.07 Å². The Morgan fingerprint density at radius 1 is 1.40 bits per heavy atom. The van der Waals surface area contributed by atoms with E-state index in [0.29, 0.717) is 5.89 Å². The molecule has 0 aliphatic carbocycles. The molecule has 6 nitrogen and oxygen atoms in total. The van der Waals surface area contributed by atoms with Gasteiger partial charge >= 0.3 is 0 Å². The predicted octanol–water partition coefficient (Wildman–Crippen LogP) is 1.89. The molecule has 1 aromatic carbocycles. The fourth-order valence-electron chi connectivity index (χ4n) is 1.97. The molecule has 0 aliphatic rings. The van der Waals surface area contributed by atoms with Crippen LogP contribution in [0.5, 0.6) is 0 Å². The lowest BCUT2D eigenvalue weighted by Crippen LogP contribution is -2.25. The molecule has 0 saturated heterocycles. The van der Waals surface area contributed by atoms with Crippen molar-refractivity contribution >= 4 is 15.5 Å². The number of anilines is 1. The quantitative estimate of drug-likeness (QED) is 0.906. The molecule has 20 heavy (non-hydrogen) atoms. The van der Waals surface area contributed by atoms with Gasteiger partial charge in [-0.3, -0.25) is 0 Å². The maximum atomic E-state index is 11.3. The average molecular weight is 295 g/mol. The van der Waals surface area contributed by atoms with E-state index in [1.807, 2.05) is 32.0 Å². The summed E-state index contributed by atoms with van der Waals surface area (Å²) in [6.45, 7) is 3.78. The number of hydrogen-bond donors (Lipinski definition) is 1. The number of sulfone groups is 1. The Morgan fingerprint density at radius 3 is 2.75 bits per heavy atom. The van der Waals surface area contributed by atoms with Crippen LogP contribution in [0.3, 0.4) is 0 Å². The van der Waals surface area contributed by atoms with Crippen molar-refractivity contribution in [2.24, 2.45) is 0 Å². The van der Waals surface area contributed by atoms with Crippen LogP contribution in [0.4, 0.5) is 5.69 Å². The summed E-state index contributed by atoms with van der Waals surface area (Å²) in [6, 6.07) is 5.51. The largest absolute Gasteiger partial charge is 0.423 e. The topological polar surface area (TPSA) is 85.1 Å². The number of nitrogens with zero attached hydrogens (tertiary/aromatic N) is 2. The molecule has 1 aromatic heterocycles. The van der Waals surface area contributed by atoms with Crippen molar-refractivity contribution in [3.05, 3.63) is 30.2 Å². The molecule has 0 fully saturated rings. The van der Waals surface area contributed by atoms with Gasteiger partial charge in [0.1, 0.15) is 9.84 Å². The second-order valence-electron chi connectivity index (χ2n) is 4.91. The summed E-state index contributed by atoms with van der Waals surface area (Å²) in [5, 5.41) is 10.7. The van der Waals surface area contributed by atoms with Gasteiger partial charge in [0.15, 0.2) is 0 Å². The average Bonchev–Trinajstić information content (AvgIpc) is 2.83. The fraction of sp³-hybridized carbons (Fsp3) is 0.385. The number of aryl methyl sites for hydroxylation is 1. The standard InChI is InChI=1S/C13H17N3O3S/c1-9-4-5-11(13-16-14-8-19-13)6-12(9)15-10(2)7-20(3,17)18/h4-6,8,10,15H,7H2,1-3H3. The Kier molecular flexibility index (Phi) is 4.08. The van der Waals surface area contributed by atoms with Crippen LogP contribution in [0.25, 0.3) is 11.5 Å². The van der Waals surface area contributed by atoms with Crippen molar-refractivity contribution in [1.82, 2.24) is 10.2 Å². The van der Waals surface area contributed by atoms with Crippen molar-refractivity contribution in [3.8, 4) is 11.5 Å². The molecule has 0 spiro atoms. The van der Waals surface area contributed by atoms with Gasteiger partial charge in [-0.05, 0) is 31.5 Å². The second kappa shape index (κ2) is 5.62. The normalized spacial score (nSPS) is 13.2. The molecule has 0 amide bonds. The van der Waals surface area contributed by atoms with E-state index in [4.69, 9.17) is 4.42 Å². The Morgan fingerprint density at radius 2 is 2.15 bits per heavy atom. The first-order valence-corrected chi connectivity index (χ1v) is 8.22. The minimum Gasteiger partial charge on any atom is -0.423 e. The minimum atomic E-state index is -3.01. The summed E-state index contributed by atoms with van der Waals surface area (Å²) >= 11 is 0. The van der Waals surface area contributed by atoms with E-state index in [0.717, 1.165) is 16.8 Å². The van der Waals surface area contributed by atoms with E-state index in [1.54, 1.807) is 0 Å². The van der Waals surface area contributed by atoms with Crippen LogP contribution in [0.15, 0.2) is 29.0 Å². The monoisotopic (exact) mass is 295 g/mol. The van der Waals surface area contributed by atoms with Gasteiger partial charge < -0.3 is 9.73 Å². The Balaban J connectivity index is 2.21. The molecule has 2 rings (SSSR count). The Hall–Kier alpha value is -1.89. The molecule has 1 heterocycles. The molecule has 1 N–H and O–H groups in total. The summed E-state index contributed by atoms with van der Waals surface area (Å²) in [5.74, 6) is 0.515. The molecule has 0 radical (unpaired) electrons. The summed E-state index contributed by atoms with van der Waals surface area (Å²) in [6.07, 6.45) is 2.50. The number of aromatic nitrogens is 2. The maximum Gasteiger partial charge on any atom is 0.247 e. The molecular formula is C13H17N3O3S. The van der Waals surface area contributed by atoms with Crippen molar-refractivity contribution in [1.29, 1.82) is 0 Å². The van der Waals surface area contributed by atoms with Gasteiger partial charge in [0.25, 0.3) is 0 Å². The van der Waals surface area contributed by atoms with Crippen molar-refractivity contribution in [3.63, 3.8) is 0 Å². The third-order valence-corrected chi connectivity index (χ3v) is 3.90. The molecule has 0 saturated carbocycles. The van der Waals surface area contributed by atoms with E-state index >= 15 is 0 Å². The molecule has 0 aliphatic heterocycles. The number of nitrogens with one attached hydrogen (secondary N) is 1. The van der Waals surface area contributed by atoms with Crippen LogP contribution in [0.1, 0.15) is 12.5 Å². The summed E-state index contributed by atoms with van der Waals surface area (Å²) in [5.41, 5.74) is 2.67. The van der Waals surface area contributed by atoms with Gasteiger partial charge in [-0.15, -0.1) is 10.2 Å². The first-order chi connectivity index (χ1) is 9.35. The van der Waals surface area contributed by atoms with Crippen LogP contribution in [0, 0.1) is 6.92 Å². The lowest BCUT2D eigenvalue weighted by molar-refractivity contribution is 0.568. The predicted molar refractivity (Wildman–Crippen MR) is 77.3 cm³/mol. The molecule has 1 atom stereocenters. The van der Waals surface area contributed by atoms with E-state index in [-0.39, 0.29) is 11.8 Å². The van der Waals surface area contributed by atoms with Crippen LogP contribution in [0.2, 0.25) is 0 Å². The highest BCUT2D eigenvalue weighted by Gasteiger charge is 2.12. The minimum absolute atomic E-state index is 0.0806. The van der Waals surface area contributed by atoms with Gasteiger partial charge in [0.05, 0.1) is 5.75 Å². The van der Waals surface area contributed by atoms with Crippen molar-refractivity contribution in [2.45, 2.75) is 19.9 Å². The zero-order chi connectivity index (χ0) is 14.8. The smallest absolute Gasteiger partial charge is 0.247 e. The summed E-state index contributed by atoms with van der Waals surface area (Å²) in [4.78, 5) is 0. The van der Waals surface area contributed by atoms with E-state index in [9.17, 15) is 8.42 Å². The van der Waals surface area contributed by atoms with Gasteiger partial charge in [-0.2, -0.15) is 0 Å². The SMILES string of the molecule is Cc1ccc(-c2nnco2)cc1NC(C)CS(C)(=O)=O. The highest BCUT2D eigenvalue weighted by Crippen LogP contribution is 2.24. The highest BCUT2D eigenvalue weighted by atomic mass is 32.2. The van der Waals surface area contributed by atoms with Gasteiger partial charge in [0.2, 0.25) is 12.3 Å². The van der Waals surface area contributed by atoms with E-state index in [2.05, 4.69) is 15.5 Å². The zero-order valence-electron chi connectivity index (χ0n) is 11.6. The summed E-state index contributed by atoms with van der Waals surface area (Å²) < 4.78 is 27.7. The van der Waals surface area contributed by atoms with Crippen molar-refractivity contribution in [2.75, 3.05) is 17.3 Å². The van der Waals surface area contributed by atoms with Crippen LogP contribution >= 0.6 is 0 Å². The molecule has 7 heteroatoms. The molecule has 108 valence electrons. The van der Waals surface area contributed by atoms with Crippen LogP contribution in [-0.4, -0.2) is 36.7 Å². The van der Waals surface area contributed by atoms with Crippen LogP contribution < -0.4 is 5.32 Å². The fourth-order valence-corrected chi connectivity index (χ4v) is 2.96. The Bertz CT molecular complexity index is 681. The molecular weight excluding hydrogens is 278 g/mol. The third-order valence-electron chi connectivity index (χ3n) is 2.80. The molecule has 2 aromatic rings. The van der Waals surface area contributed by atoms with Gasteiger partial charge in [0, 0.05) is 23.5 Å².